The molecule has 0 unspecified atom stereocenters. The van der Waals surface area contributed by atoms with Crippen molar-refractivity contribution >= 4 is 5.65 Å². The van der Waals surface area contributed by atoms with Gasteiger partial charge in [0.2, 0.25) is 5.88 Å². The highest BCUT2D eigenvalue weighted by Crippen LogP contribution is 2.17. The van der Waals surface area contributed by atoms with Crippen molar-refractivity contribution in [2.75, 3.05) is 46.4 Å². The number of fused-ring (bicyclic) bond motifs is 1. The molecular weight excluding hydrogens is 284 g/mol. The number of hydrogen-bond acceptors (Lipinski definition) is 6. The van der Waals surface area contributed by atoms with Crippen molar-refractivity contribution in [2.45, 2.75) is 0 Å². The summed E-state index contributed by atoms with van der Waals surface area (Å²) in [6.45, 7) is 5.56. The van der Waals surface area contributed by atoms with E-state index in [0.29, 0.717) is 18.0 Å². The zero-order valence-electron chi connectivity index (χ0n) is 12.6. The van der Waals surface area contributed by atoms with Gasteiger partial charge in [-0.05, 0) is 19.2 Å². The fraction of sp³-hybridized carbons (Fsp3) is 0.467. The first kappa shape index (κ1) is 14.8. The summed E-state index contributed by atoms with van der Waals surface area (Å²) < 4.78 is 7.14. The molecule has 2 aromatic rings. The van der Waals surface area contributed by atoms with Crippen LogP contribution in [0.5, 0.6) is 11.6 Å². The SMILES string of the molecule is CN1CCN(CCOc2cccn3c(=O)cc(O)nc23)CC1. The molecule has 1 aliphatic rings. The fourth-order valence-electron chi connectivity index (χ4n) is 2.56. The van der Waals surface area contributed by atoms with Crippen molar-refractivity contribution in [3.63, 3.8) is 0 Å². The lowest BCUT2D eigenvalue weighted by Crippen LogP contribution is -2.45. The van der Waals surface area contributed by atoms with E-state index in [0.717, 1.165) is 38.8 Å². The maximum Gasteiger partial charge on any atom is 0.261 e. The van der Waals surface area contributed by atoms with E-state index < -0.39 is 0 Å². The van der Waals surface area contributed by atoms with Gasteiger partial charge >= 0.3 is 0 Å². The number of rotatable bonds is 4. The third-order valence-electron chi connectivity index (χ3n) is 3.90. The Morgan fingerprint density at radius 1 is 1.32 bits per heavy atom. The lowest BCUT2D eigenvalue weighted by Gasteiger charge is -2.32. The highest BCUT2D eigenvalue weighted by atomic mass is 16.5. The van der Waals surface area contributed by atoms with Crippen LogP contribution in [0.25, 0.3) is 5.65 Å². The second kappa shape index (κ2) is 6.33. The molecular formula is C15H20N4O3. The van der Waals surface area contributed by atoms with Gasteiger partial charge in [0.1, 0.15) is 6.61 Å². The molecule has 118 valence electrons. The van der Waals surface area contributed by atoms with Crippen LogP contribution in [0.3, 0.4) is 0 Å². The second-order valence-electron chi connectivity index (χ2n) is 5.51. The van der Waals surface area contributed by atoms with Gasteiger partial charge in [-0.2, -0.15) is 4.98 Å². The standard InChI is InChI=1S/C15H20N4O3/c1-17-5-7-18(8-6-17)9-10-22-12-3-2-4-19-14(21)11-13(20)16-15(12)19/h2-4,11,20H,5-10H2,1H3. The molecule has 0 aliphatic carbocycles. The highest BCUT2D eigenvalue weighted by Gasteiger charge is 2.14. The van der Waals surface area contributed by atoms with Crippen molar-refractivity contribution in [2.24, 2.45) is 0 Å². The Morgan fingerprint density at radius 3 is 2.86 bits per heavy atom. The second-order valence-corrected chi connectivity index (χ2v) is 5.51. The Kier molecular flexibility index (Phi) is 4.26. The highest BCUT2D eigenvalue weighted by molar-refractivity contribution is 5.53. The van der Waals surface area contributed by atoms with Crippen molar-refractivity contribution in [3.05, 3.63) is 34.7 Å². The molecule has 3 rings (SSSR count). The Bertz CT molecular complexity index is 707. The van der Waals surface area contributed by atoms with E-state index in [1.165, 1.54) is 4.40 Å². The zero-order chi connectivity index (χ0) is 15.5. The Hall–Kier alpha value is -2.12. The van der Waals surface area contributed by atoms with Gasteiger partial charge in [-0.15, -0.1) is 0 Å². The van der Waals surface area contributed by atoms with E-state index in [1.807, 2.05) is 0 Å². The summed E-state index contributed by atoms with van der Waals surface area (Å²) in [5, 5.41) is 9.50. The van der Waals surface area contributed by atoms with Gasteiger partial charge in [-0.1, -0.05) is 0 Å². The Morgan fingerprint density at radius 2 is 2.09 bits per heavy atom. The Labute approximate surface area is 128 Å². The number of likely N-dealkylation sites (N-methyl/N-ethyl adjacent to an activating group) is 1. The summed E-state index contributed by atoms with van der Waals surface area (Å²) in [6, 6.07) is 4.57. The van der Waals surface area contributed by atoms with E-state index >= 15 is 0 Å². The average Bonchev–Trinajstić information content (AvgIpc) is 2.50. The van der Waals surface area contributed by atoms with Crippen molar-refractivity contribution in [1.82, 2.24) is 19.2 Å². The number of hydrogen-bond donors (Lipinski definition) is 1. The molecule has 1 fully saturated rings. The van der Waals surface area contributed by atoms with Gasteiger partial charge in [-0.25, -0.2) is 0 Å². The maximum atomic E-state index is 11.8. The number of piperazine rings is 1. The van der Waals surface area contributed by atoms with Crippen LogP contribution in [-0.2, 0) is 0 Å². The van der Waals surface area contributed by atoms with Gasteiger partial charge in [0.05, 0.1) is 6.07 Å². The maximum absolute atomic E-state index is 11.8. The summed E-state index contributed by atoms with van der Waals surface area (Å²) in [7, 11) is 2.12. The van der Waals surface area contributed by atoms with Crippen LogP contribution in [0.4, 0.5) is 0 Å². The summed E-state index contributed by atoms with van der Waals surface area (Å²) in [5.74, 6) is 0.213. The monoisotopic (exact) mass is 304 g/mol. The van der Waals surface area contributed by atoms with Crippen LogP contribution in [-0.4, -0.2) is 70.7 Å². The van der Waals surface area contributed by atoms with E-state index in [1.54, 1.807) is 18.3 Å². The van der Waals surface area contributed by atoms with Crippen LogP contribution in [0.2, 0.25) is 0 Å². The fourth-order valence-corrected chi connectivity index (χ4v) is 2.56. The lowest BCUT2D eigenvalue weighted by molar-refractivity contribution is 0.134. The summed E-state index contributed by atoms with van der Waals surface area (Å²) in [6.07, 6.45) is 1.61. The molecule has 1 saturated heterocycles. The largest absolute Gasteiger partial charge is 0.493 e. The molecule has 22 heavy (non-hydrogen) atoms. The first-order valence-corrected chi connectivity index (χ1v) is 7.38. The smallest absolute Gasteiger partial charge is 0.261 e. The van der Waals surface area contributed by atoms with Gasteiger partial charge < -0.3 is 14.7 Å². The van der Waals surface area contributed by atoms with Crippen LogP contribution in [0, 0.1) is 0 Å². The van der Waals surface area contributed by atoms with Crippen molar-refractivity contribution < 1.29 is 9.84 Å². The number of nitrogens with zero attached hydrogens (tertiary/aromatic N) is 4. The molecule has 1 aliphatic heterocycles. The minimum absolute atomic E-state index is 0.292. The molecule has 1 N–H and O–H groups in total. The molecule has 0 aromatic carbocycles. The minimum atomic E-state index is -0.327. The normalized spacial score (nSPS) is 17.0. The lowest BCUT2D eigenvalue weighted by atomic mass is 10.3. The molecule has 0 atom stereocenters. The third kappa shape index (κ3) is 3.20. The van der Waals surface area contributed by atoms with E-state index in [2.05, 4.69) is 21.8 Å². The van der Waals surface area contributed by atoms with Gasteiger partial charge in [-0.3, -0.25) is 14.1 Å². The molecule has 7 nitrogen and oxygen atoms in total. The van der Waals surface area contributed by atoms with Gasteiger partial charge in [0.15, 0.2) is 11.4 Å². The van der Waals surface area contributed by atoms with Gasteiger partial charge in [0.25, 0.3) is 5.56 Å². The van der Waals surface area contributed by atoms with E-state index in [9.17, 15) is 9.90 Å². The van der Waals surface area contributed by atoms with E-state index in [-0.39, 0.29) is 11.4 Å². The molecule has 2 aromatic heterocycles. The van der Waals surface area contributed by atoms with Crippen LogP contribution < -0.4 is 10.3 Å². The molecule has 0 bridgehead atoms. The number of aromatic nitrogens is 2. The predicted molar refractivity (Wildman–Crippen MR) is 82.6 cm³/mol. The first-order chi connectivity index (χ1) is 10.6. The van der Waals surface area contributed by atoms with Crippen molar-refractivity contribution in [3.8, 4) is 11.6 Å². The number of ether oxygens (including phenoxy) is 1. The number of aromatic hydroxyl groups is 1. The predicted octanol–water partition coefficient (Wildman–Crippen LogP) is 0.0263. The van der Waals surface area contributed by atoms with E-state index in [4.69, 9.17) is 4.74 Å². The average molecular weight is 304 g/mol. The molecule has 0 saturated carbocycles. The molecule has 0 spiro atoms. The number of pyridine rings is 1. The first-order valence-electron chi connectivity index (χ1n) is 7.38. The summed E-state index contributed by atoms with van der Waals surface area (Å²) >= 11 is 0. The van der Waals surface area contributed by atoms with Crippen LogP contribution in [0.15, 0.2) is 29.2 Å². The van der Waals surface area contributed by atoms with Crippen LogP contribution in [0.1, 0.15) is 0 Å². The summed E-state index contributed by atoms with van der Waals surface area (Å²) in [4.78, 5) is 20.4. The quantitative estimate of drug-likeness (QED) is 0.859. The zero-order valence-corrected chi connectivity index (χ0v) is 12.6. The Balaban J connectivity index is 1.68. The molecule has 0 amide bonds. The van der Waals surface area contributed by atoms with Gasteiger partial charge in [0, 0.05) is 38.9 Å². The summed E-state index contributed by atoms with van der Waals surface area (Å²) in [5.41, 5.74) is 0.0119. The third-order valence-corrected chi connectivity index (χ3v) is 3.90. The minimum Gasteiger partial charge on any atom is -0.493 e. The molecule has 3 heterocycles. The molecule has 0 radical (unpaired) electrons. The molecule has 7 heteroatoms. The van der Waals surface area contributed by atoms with Crippen molar-refractivity contribution in [1.29, 1.82) is 0 Å². The topological polar surface area (TPSA) is 70.3 Å². The van der Waals surface area contributed by atoms with Crippen LogP contribution >= 0.6 is 0 Å².